The van der Waals surface area contributed by atoms with Crippen LogP contribution >= 0.6 is 24.0 Å². The Labute approximate surface area is 241 Å². The van der Waals surface area contributed by atoms with E-state index >= 15 is 0 Å². The minimum Gasteiger partial charge on any atom is -0.493 e. The average molecular weight is 579 g/mol. The highest BCUT2D eigenvalue weighted by Crippen LogP contribution is 2.35. The number of ether oxygens (including phenoxy) is 2. The number of nitriles is 1. The quantitative estimate of drug-likeness (QED) is 0.286. The highest BCUT2D eigenvalue weighted by Gasteiger charge is 2.32. The number of carbonyl (C=O) groups is 1. The third-order valence-electron chi connectivity index (χ3n) is 6.59. The van der Waals surface area contributed by atoms with Gasteiger partial charge in [0, 0.05) is 25.7 Å². The Morgan fingerprint density at radius 1 is 1.10 bits per heavy atom. The van der Waals surface area contributed by atoms with Gasteiger partial charge in [-0.15, -0.1) is 0 Å². The number of pyridine rings is 1. The van der Waals surface area contributed by atoms with Crippen LogP contribution in [0.1, 0.15) is 27.8 Å². The molecule has 2 heterocycles. The largest absolute Gasteiger partial charge is 0.493 e. The van der Waals surface area contributed by atoms with E-state index < -0.39 is 5.56 Å². The molecule has 1 N–H and O–H groups in total. The summed E-state index contributed by atoms with van der Waals surface area (Å²) in [4.78, 5) is 28.2. The van der Waals surface area contributed by atoms with Gasteiger partial charge in [-0.3, -0.25) is 19.1 Å². The Hall–Kier alpha value is -4.14. The second kappa shape index (κ2) is 12.4. The fourth-order valence-electron chi connectivity index (χ4n) is 4.33. The Morgan fingerprint density at radius 3 is 2.42 bits per heavy atom. The molecule has 0 aliphatic carbocycles. The lowest BCUT2D eigenvalue weighted by molar-refractivity contribution is -0.122. The normalized spacial score (nSPS) is 14.0. The van der Waals surface area contributed by atoms with Crippen molar-refractivity contribution in [1.29, 1.82) is 5.26 Å². The number of methoxy groups -OCH3 is 2. The molecule has 40 heavy (non-hydrogen) atoms. The molecular formula is C29H27FN4O4S2. The van der Waals surface area contributed by atoms with Crippen molar-refractivity contribution < 1.29 is 18.7 Å². The van der Waals surface area contributed by atoms with Crippen LogP contribution in [-0.4, -0.2) is 40.5 Å². The summed E-state index contributed by atoms with van der Waals surface area (Å²) in [6.45, 7) is 2.33. The number of amides is 1. The van der Waals surface area contributed by atoms with Crippen LogP contribution in [-0.2, 0) is 24.8 Å². The zero-order chi connectivity index (χ0) is 29.0. The molecular weight excluding hydrogens is 551 g/mol. The summed E-state index contributed by atoms with van der Waals surface area (Å²) in [5, 5.41) is 12.9. The third kappa shape index (κ3) is 5.88. The SMILES string of the molecule is COc1ccc(CCN2C(=O)/C(=C\c3c(C)c(C#N)c(=O)n(C)c3NCc3ccc(F)cc3)SC2=S)cc1OC. The fourth-order valence-corrected chi connectivity index (χ4v) is 5.62. The van der Waals surface area contributed by atoms with Crippen LogP contribution in [0.2, 0.25) is 0 Å². The van der Waals surface area contributed by atoms with E-state index in [4.69, 9.17) is 21.7 Å². The van der Waals surface area contributed by atoms with Gasteiger partial charge >= 0.3 is 0 Å². The van der Waals surface area contributed by atoms with Crippen molar-refractivity contribution in [3.63, 3.8) is 0 Å². The van der Waals surface area contributed by atoms with Crippen molar-refractivity contribution in [2.24, 2.45) is 7.05 Å². The molecule has 1 aliphatic heterocycles. The van der Waals surface area contributed by atoms with E-state index in [2.05, 4.69) is 5.32 Å². The molecule has 1 aromatic heterocycles. The van der Waals surface area contributed by atoms with E-state index in [1.807, 2.05) is 24.3 Å². The van der Waals surface area contributed by atoms with E-state index in [1.54, 1.807) is 46.4 Å². The van der Waals surface area contributed by atoms with E-state index in [0.29, 0.717) is 57.2 Å². The van der Waals surface area contributed by atoms with Crippen LogP contribution in [0.5, 0.6) is 11.5 Å². The number of thioether (sulfide) groups is 1. The van der Waals surface area contributed by atoms with E-state index in [9.17, 15) is 19.2 Å². The van der Waals surface area contributed by atoms with E-state index in [1.165, 1.54) is 33.4 Å². The van der Waals surface area contributed by atoms with E-state index in [-0.39, 0.29) is 17.3 Å². The van der Waals surface area contributed by atoms with Crippen molar-refractivity contribution >= 4 is 46.1 Å². The number of nitrogens with zero attached hydrogens (tertiary/aromatic N) is 3. The molecule has 1 aliphatic rings. The van der Waals surface area contributed by atoms with Gasteiger partial charge < -0.3 is 14.8 Å². The number of benzene rings is 2. The molecule has 3 aromatic rings. The summed E-state index contributed by atoms with van der Waals surface area (Å²) >= 11 is 6.70. The zero-order valence-corrected chi connectivity index (χ0v) is 24.0. The van der Waals surface area contributed by atoms with Crippen LogP contribution in [0, 0.1) is 24.1 Å². The molecule has 0 spiro atoms. The van der Waals surface area contributed by atoms with Gasteiger partial charge in [0.05, 0.1) is 19.1 Å². The van der Waals surface area contributed by atoms with E-state index in [0.717, 1.165) is 11.1 Å². The molecule has 0 saturated carbocycles. The Morgan fingerprint density at radius 2 is 1.77 bits per heavy atom. The van der Waals surface area contributed by atoms with Crippen LogP contribution in [0.3, 0.4) is 0 Å². The Balaban J connectivity index is 1.63. The molecule has 4 rings (SSSR count). The maximum atomic E-state index is 13.4. The van der Waals surface area contributed by atoms with Crippen LogP contribution < -0.4 is 20.3 Å². The maximum absolute atomic E-state index is 13.4. The van der Waals surface area contributed by atoms with Gasteiger partial charge in [-0.2, -0.15) is 5.26 Å². The molecule has 2 aromatic carbocycles. The van der Waals surface area contributed by atoms with Gasteiger partial charge in [0.2, 0.25) is 0 Å². The Bertz CT molecular complexity index is 1610. The van der Waals surface area contributed by atoms with Gasteiger partial charge in [-0.25, -0.2) is 4.39 Å². The molecule has 0 radical (unpaired) electrons. The minimum absolute atomic E-state index is 0.00925. The smallest absolute Gasteiger partial charge is 0.270 e. The van der Waals surface area contributed by atoms with Crippen LogP contribution in [0.25, 0.3) is 6.08 Å². The molecule has 0 bridgehead atoms. The molecule has 8 nitrogen and oxygen atoms in total. The average Bonchev–Trinajstić information content (AvgIpc) is 3.22. The van der Waals surface area contributed by atoms with Crippen molar-refractivity contribution in [3.8, 4) is 17.6 Å². The summed E-state index contributed by atoms with van der Waals surface area (Å²) in [7, 11) is 4.69. The lowest BCUT2D eigenvalue weighted by atomic mass is 10.0. The van der Waals surface area contributed by atoms with Crippen molar-refractivity contribution in [1.82, 2.24) is 9.47 Å². The second-order valence-corrected chi connectivity index (χ2v) is 10.7. The number of aromatic nitrogens is 1. The topological polar surface area (TPSA) is 96.6 Å². The van der Waals surface area contributed by atoms with Crippen molar-refractivity contribution in [3.05, 3.63) is 91.4 Å². The lowest BCUT2D eigenvalue weighted by Crippen LogP contribution is -2.30. The second-order valence-electron chi connectivity index (χ2n) is 8.99. The predicted molar refractivity (Wildman–Crippen MR) is 158 cm³/mol. The highest BCUT2D eigenvalue weighted by atomic mass is 32.2. The Kier molecular flexibility index (Phi) is 8.92. The van der Waals surface area contributed by atoms with Gasteiger partial charge in [-0.05, 0) is 60.4 Å². The summed E-state index contributed by atoms with van der Waals surface area (Å²) in [6, 6.07) is 13.6. The molecule has 206 valence electrons. The summed E-state index contributed by atoms with van der Waals surface area (Å²) in [5.74, 6) is 1.05. The predicted octanol–water partition coefficient (Wildman–Crippen LogP) is 4.78. The molecule has 0 atom stereocenters. The summed E-state index contributed by atoms with van der Waals surface area (Å²) < 4.78 is 25.8. The van der Waals surface area contributed by atoms with Crippen molar-refractivity contribution in [2.75, 3.05) is 26.1 Å². The van der Waals surface area contributed by atoms with Crippen LogP contribution in [0.15, 0.2) is 52.2 Å². The third-order valence-corrected chi connectivity index (χ3v) is 7.97. The molecule has 1 saturated heterocycles. The summed E-state index contributed by atoms with van der Waals surface area (Å²) in [6.07, 6.45) is 2.21. The van der Waals surface area contributed by atoms with Crippen molar-refractivity contribution in [2.45, 2.75) is 19.9 Å². The van der Waals surface area contributed by atoms with Gasteiger partial charge in [0.1, 0.15) is 27.6 Å². The molecule has 11 heteroatoms. The number of nitrogens with one attached hydrogen (secondary N) is 1. The summed E-state index contributed by atoms with van der Waals surface area (Å²) in [5.41, 5.74) is 2.26. The molecule has 1 amide bonds. The number of thiocarbonyl (C=S) groups is 1. The highest BCUT2D eigenvalue weighted by molar-refractivity contribution is 8.26. The fraction of sp³-hybridized carbons (Fsp3) is 0.241. The lowest BCUT2D eigenvalue weighted by Gasteiger charge is -2.18. The number of rotatable bonds is 9. The van der Waals surface area contributed by atoms with Gasteiger partial charge in [-0.1, -0.05) is 42.2 Å². The molecule has 0 unspecified atom stereocenters. The first-order valence-corrected chi connectivity index (χ1v) is 13.5. The maximum Gasteiger partial charge on any atom is 0.270 e. The number of anilines is 1. The standard InChI is InChI=1S/C29H27FN4O4S2/c1-17-21(26(33(2)27(35)22(17)15-31)32-16-19-5-8-20(30)9-6-19)14-25-28(36)34(29(39)40-25)12-11-18-7-10-23(37-3)24(13-18)38-4/h5-10,13-14,32H,11-12,16H2,1-4H3/b25-14+. The van der Waals surface area contributed by atoms with Gasteiger partial charge in [0.25, 0.3) is 11.5 Å². The first-order valence-electron chi connectivity index (χ1n) is 12.3. The molecule has 1 fully saturated rings. The first-order chi connectivity index (χ1) is 19.2. The van der Waals surface area contributed by atoms with Crippen LogP contribution in [0.4, 0.5) is 10.2 Å². The number of carbonyl (C=O) groups excluding carboxylic acids is 1. The minimum atomic E-state index is -0.457. The number of hydrogen-bond acceptors (Lipinski definition) is 8. The zero-order valence-electron chi connectivity index (χ0n) is 22.4. The number of halogens is 1. The van der Waals surface area contributed by atoms with Gasteiger partial charge in [0.15, 0.2) is 11.5 Å². The monoisotopic (exact) mass is 578 g/mol. The first kappa shape index (κ1) is 28.9. The number of hydrogen-bond donors (Lipinski definition) is 1.